The van der Waals surface area contributed by atoms with Crippen molar-refractivity contribution >= 4 is 17.7 Å². The molecule has 2 saturated heterocycles. The van der Waals surface area contributed by atoms with Crippen molar-refractivity contribution in [3.05, 3.63) is 76.4 Å². The van der Waals surface area contributed by atoms with E-state index in [9.17, 15) is 0 Å². The largest absolute Gasteiger partial charge is 0.316 e. The number of hydrogen-bond acceptors (Lipinski definition) is 2. The highest BCUT2D eigenvalue weighted by Gasteiger charge is 2.22. The molecule has 0 saturated carbocycles. The lowest BCUT2D eigenvalue weighted by molar-refractivity contribution is 0.239. The van der Waals surface area contributed by atoms with Crippen LogP contribution in [-0.2, 0) is 0 Å². The fraction of sp³-hybridized carbons (Fsp3) is 0.429. The first-order valence-electron chi connectivity index (χ1n) is 11.9. The number of rotatable bonds is 4. The fourth-order valence-electron chi connectivity index (χ4n) is 5.52. The first-order valence-corrected chi connectivity index (χ1v) is 11.9. The Morgan fingerprint density at radius 3 is 2.17 bits per heavy atom. The summed E-state index contributed by atoms with van der Waals surface area (Å²) in [7, 11) is 0. The molecule has 0 spiro atoms. The molecule has 2 aromatic carbocycles. The second-order valence-electron chi connectivity index (χ2n) is 9.18. The third-order valence-electron chi connectivity index (χ3n) is 7.20. The van der Waals surface area contributed by atoms with E-state index < -0.39 is 0 Å². The maximum absolute atomic E-state index is 3.56. The van der Waals surface area contributed by atoms with Gasteiger partial charge in [0, 0.05) is 13.1 Å². The number of nitrogens with one attached hydrogen (secondary N) is 1. The Bertz CT molecular complexity index is 872. The van der Waals surface area contributed by atoms with Crippen LogP contribution in [0.25, 0.3) is 17.7 Å². The van der Waals surface area contributed by atoms with Gasteiger partial charge in [0.2, 0.25) is 0 Å². The van der Waals surface area contributed by atoms with Gasteiger partial charge >= 0.3 is 0 Å². The van der Waals surface area contributed by atoms with Crippen LogP contribution in [0.3, 0.4) is 0 Å². The van der Waals surface area contributed by atoms with Crippen molar-refractivity contribution < 1.29 is 0 Å². The van der Waals surface area contributed by atoms with Crippen molar-refractivity contribution in [1.82, 2.24) is 10.2 Å². The van der Waals surface area contributed by atoms with E-state index in [1.54, 1.807) is 5.57 Å². The van der Waals surface area contributed by atoms with Gasteiger partial charge in [0.15, 0.2) is 0 Å². The van der Waals surface area contributed by atoms with Crippen LogP contribution in [-0.4, -0.2) is 37.6 Å². The lowest BCUT2D eigenvalue weighted by Gasteiger charge is -2.31. The van der Waals surface area contributed by atoms with E-state index in [-0.39, 0.29) is 0 Å². The Balaban J connectivity index is 1.31. The zero-order valence-corrected chi connectivity index (χ0v) is 18.1. The SMILES string of the molecule is C1=Cc2ccccc2C(=C2CCN(CCCC3CCCNC3)CC2)c2ccccc21. The summed E-state index contributed by atoms with van der Waals surface area (Å²) in [5.41, 5.74) is 8.66. The Kier molecular flexibility index (Phi) is 6.15. The minimum absolute atomic E-state index is 0.910. The molecule has 30 heavy (non-hydrogen) atoms. The van der Waals surface area contributed by atoms with Crippen molar-refractivity contribution in [2.45, 2.75) is 38.5 Å². The molecule has 2 nitrogen and oxygen atoms in total. The van der Waals surface area contributed by atoms with Crippen molar-refractivity contribution in [2.24, 2.45) is 5.92 Å². The Hall–Kier alpha value is -2.16. The van der Waals surface area contributed by atoms with Crippen LogP contribution < -0.4 is 5.32 Å². The average molecular weight is 399 g/mol. The molecule has 1 aliphatic carbocycles. The average Bonchev–Trinajstić information content (AvgIpc) is 2.97. The summed E-state index contributed by atoms with van der Waals surface area (Å²) < 4.78 is 0. The number of hydrogen-bond donors (Lipinski definition) is 1. The molecule has 0 radical (unpaired) electrons. The topological polar surface area (TPSA) is 15.3 Å². The second kappa shape index (κ2) is 9.32. The normalized spacial score (nSPS) is 21.8. The minimum Gasteiger partial charge on any atom is -0.316 e. The summed E-state index contributed by atoms with van der Waals surface area (Å²) in [6.07, 6.45) is 12.5. The highest BCUT2D eigenvalue weighted by atomic mass is 15.1. The van der Waals surface area contributed by atoms with Gasteiger partial charge in [0.25, 0.3) is 0 Å². The van der Waals surface area contributed by atoms with Crippen LogP contribution in [0.15, 0.2) is 54.1 Å². The zero-order valence-electron chi connectivity index (χ0n) is 18.1. The van der Waals surface area contributed by atoms with Gasteiger partial charge in [-0.1, -0.05) is 66.3 Å². The number of piperidine rings is 2. The molecule has 0 amide bonds. The summed E-state index contributed by atoms with van der Waals surface area (Å²) in [6, 6.07) is 17.8. The van der Waals surface area contributed by atoms with Crippen LogP contribution in [0, 0.1) is 5.92 Å². The van der Waals surface area contributed by atoms with Crippen molar-refractivity contribution in [3.63, 3.8) is 0 Å². The molecular weight excluding hydrogens is 364 g/mol. The third kappa shape index (κ3) is 4.31. The summed E-state index contributed by atoms with van der Waals surface area (Å²) in [5, 5.41) is 3.56. The van der Waals surface area contributed by atoms with Crippen LogP contribution in [0.2, 0.25) is 0 Å². The third-order valence-corrected chi connectivity index (χ3v) is 7.20. The molecule has 5 rings (SSSR count). The smallest absolute Gasteiger partial charge is 0.00190 e. The van der Waals surface area contributed by atoms with Crippen LogP contribution in [0.1, 0.15) is 60.8 Å². The summed E-state index contributed by atoms with van der Waals surface area (Å²) >= 11 is 0. The van der Waals surface area contributed by atoms with Crippen LogP contribution in [0.4, 0.5) is 0 Å². The number of likely N-dealkylation sites (tertiary alicyclic amines) is 1. The highest BCUT2D eigenvalue weighted by Crippen LogP contribution is 2.38. The van der Waals surface area contributed by atoms with Gasteiger partial charge in [-0.25, -0.2) is 0 Å². The Morgan fingerprint density at radius 1 is 0.867 bits per heavy atom. The van der Waals surface area contributed by atoms with Crippen LogP contribution in [0.5, 0.6) is 0 Å². The lowest BCUT2D eigenvalue weighted by Crippen LogP contribution is -2.33. The summed E-state index contributed by atoms with van der Waals surface area (Å²) in [5.74, 6) is 0.910. The molecule has 1 N–H and O–H groups in total. The maximum atomic E-state index is 3.56. The Morgan fingerprint density at radius 2 is 1.53 bits per heavy atom. The molecule has 2 aromatic rings. The number of fused-ring (bicyclic) bond motifs is 2. The lowest BCUT2D eigenvalue weighted by atomic mass is 9.86. The first-order chi connectivity index (χ1) is 14.9. The van der Waals surface area contributed by atoms with Gasteiger partial charge in [-0.3, -0.25) is 0 Å². The minimum atomic E-state index is 0.910. The van der Waals surface area contributed by atoms with Crippen molar-refractivity contribution in [3.8, 4) is 0 Å². The van der Waals surface area contributed by atoms with E-state index >= 15 is 0 Å². The molecule has 2 heteroatoms. The molecule has 0 aromatic heterocycles. The van der Waals surface area contributed by atoms with Crippen LogP contribution >= 0.6 is 0 Å². The van der Waals surface area contributed by atoms with E-state index in [0.717, 1.165) is 5.92 Å². The molecule has 3 aliphatic rings. The predicted octanol–water partition coefficient (Wildman–Crippen LogP) is 5.85. The molecule has 2 aliphatic heterocycles. The summed E-state index contributed by atoms with van der Waals surface area (Å²) in [4.78, 5) is 2.70. The molecule has 2 fully saturated rings. The highest BCUT2D eigenvalue weighted by molar-refractivity contribution is 5.94. The van der Waals surface area contributed by atoms with Gasteiger partial charge < -0.3 is 10.2 Å². The fourth-order valence-corrected chi connectivity index (χ4v) is 5.52. The van der Waals surface area contributed by atoms with E-state index in [0.29, 0.717) is 0 Å². The number of benzene rings is 2. The second-order valence-corrected chi connectivity index (χ2v) is 9.18. The van der Waals surface area contributed by atoms with E-state index in [2.05, 4.69) is 70.9 Å². The Labute approximate surface area is 181 Å². The first kappa shape index (κ1) is 19.8. The molecular formula is C28H34N2. The van der Waals surface area contributed by atoms with E-state index in [1.165, 1.54) is 99.1 Å². The molecule has 0 bridgehead atoms. The van der Waals surface area contributed by atoms with Gasteiger partial charge in [-0.2, -0.15) is 0 Å². The van der Waals surface area contributed by atoms with Gasteiger partial charge in [0.05, 0.1) is 0 Å². The zero-order chi connectivity index (χ0) is 20.2. The standard InChI is InChI=1S/C28H34N2/c1-3-11-26-23(9-1)13-14-24-10-2-4-12-27(24)28(26)25-15-19-30(20-16-25)18-6-8-22-7-5-17-29-21-22/h1-4,9-14,22,29H,5-8,15-21H2. The summed E-state index contributed by atoms with van der Waals surface area (Å²) in [6.45, 7) is 6.15. The molecule has 2 heterocycles. The molecule has 1 unspecified atom stereocenters. The van der Waals surface area contributed by atoms with Gasteiger partial charge in [-0.05, 0) is 91.9 Å². The van der Waals surface area contributed by atoms with Gasteiger partial charge in [-0.15, -0.1) is 0 Å². The number of nitrogens with zero attached hydrogens (tertiary/aromatic N) is 1. The maximum Gasteiger partial charge on any atom is 0.00190 e. The van der Waals surface area contributed by atoms with E-state index in [4.69, 9.17) is 0 Å². The van der Waals surface area contributed by atoms with Crippen molar-refractivity contribution in [2.75, 3.05) is 32.7 Å². The molecule has 156 valence electrons. The predicted molar refractivity (Wildman–Crippen MR) is 128 cm³/mol. The van der Waals surface area contributed by atoms with E-state index in [1.807, 2.05) is 0 Å². The monoisotopic (exact) mass is 398 g/mol. The molecule has 1 atom stereocenters. The van der Waals surface area contributed by atoms with Crippen molar-refractivity contribution in [1.29, 1.82) is 0 Å². The van der Waals surface area contributed by atoms with Gasteiger partial charge in [0.1, 0.15) is 0 Å². The quantitative estimate of drug-likeness (QED) is 0.593.